The van der Waals surface area contributed by atoms with Crippen LogP contribution in [-0.2, 0) is 4.79 Å². The maximum absolute atomic E-state index is 12.6. The molecule has 3 aromatic carbocycles. The third-order valence-electron chi connectivity index (χ3n) is 5.08. The fourth-order valence-corrected chi connectivity index (χ4v) is 4.43. The van der Waals surface area contributed by atoms with E-state index in [9.17, 15) is 4.79 Å². The number of amides is 1. The molecule has 0 saturated carbocycles. The lowest BCUT2D eigenvalue weighted by Crippen LogP contribution is -2.09. The number of para-hydroxylation sites is 1. The molecule has 0 radical (unpaired) electrons. The van der Waals surface area contributed by atoms with Crippen LogP contribution in [0.4, 0.5) is 5.69 Å². The van der Waals surface area contributed by atoms with Gasteiger partial charge >= 0.3 is 0 Å². The first kappa shape index (κ1) is 20.7. The van der Waals surface area contributed by atoms with Crippen LogP contribution in [0.15, 0.2) is 95.4 Å². The summed E-state index contributed by atoms with van der Waals surface area (Å²) in [7, 11) is 1.58. The maximum atomic E-state index is 12.6. The molecule has 0 bridgehead atoms. The van der Waals surface area contributed by atoms with Crippen molar-refractivity contribution >= 4 is 39.2 Å². The number of methoxy groups -OCH3 is 1. The average Bonchev–Trinajstić information content (AvgIpc) is 3.51. The van der Waals surface area contributed by atoms with Crippen LogP contribution in [0.5, 0.6) is 5.75 Å². The van der Waals surface area contributed by atoms with Gasteiger partial charge in [0.05, 0.1) is 23.0 Å². The van der Waals surface area contributed by atoms with Gasteiger partial charge in [0.15, 0.2) is 0 Å². The zero-order valence-corrected chi connectivity index (χ0v) is 18.6. The second kappa shape index (κ2) is 9.14. The van der Waals surface area contributed by atoms with Crippen LogP contribution in [0.2, 0.25) is 0 Å². The lowest BCUT2D eigenvalue weighted by atomic mass is 10.2. The summed E-state index contributed by atoms with van der Waals surface area (Å²) in [4.78, 5) is 17.3. The van der Waals surface area contributed by atoms with E-state index >= 15 is 0 Å². The number of anilines is 1. The number of benzene rings is 3. The van der Waals surface area contributed by atoms with Gasteiger partial charge in [0.2, 0.25) is 5.91 Å². The average molecular weight is 453 g/mol. The van der Waals surface area contributed by atoms with Gasteiger partial charge in [-0.3, -0.25) is 4.79 Å². The molecular formula is C27H20N2O3S. The molecular weight excluding hydrogens is 432 g/mol. The Balaban J connectivity index is 1.34. The van der Waals surface area contributed by atoms with Gasteiger partial charge in [-0.25, -0.2) is 4.98 Å². The number of hydrogen-bond acceptors (Lipinski definition) is 5. The van der Waals surface area contributed by atoms with Crippen molar-refractivity contribution < 1.29 is 13.9 Å². The van der Waals surface area contributed by atoms with Crippen LogP contribution in [0.1, 0.15) is 5.76 Å². The minimum absolute atomic E-state index is 0.285. The topological polar surface area (TPSA) is 64.4 Å². The molecule has 0 saturated heterocycles. The van der Waals surface area contributed by atoms with Gasteiger partial charge in [0, 0.05) is 17.2 Å². The molecule has 5 aromatic rings. The highest BCUT2D eigenvalue weighted by Gasteiger charge is 2.12. The van der Waals surface area contributed by atoms with Crippen molar-refractivity contribution in [3.05, 3.63) is 96.8 Å². The summed E-state index contributed by atoms with van der Waals surface area (Å²) in [5.74, 6) is 1.64. The Hall–Kier alpha value is -4.16. The Morgan fingerprint density at radius 3 is 2.61 bits per heavy atom. The van der Waals surface area contributed by atoms with Gasteiger partial charge in [0.1, 0.15) is 22.3 Å². The highest BCUT2D eigenvalue weighted by molar-refractivity contribution is 7.21. The Bertz CT molecular complexity index is 1420. The van der Waals surface area contributed by atoms with Gasteiger partial charge in [-0.1, -0.05) is 42.5 Å². The van der Waals surface area contributed by atoms with Crippen LogP contribution in [0.25, 0.3) is 38.2 Å². The van der Waals surface area contributed by atoms with E-state index in [2.05, 4.69) is 5.32 Å². The van der Waals surface area contributed by atoms with E-state index in [1.165, 1.54) is 6.08 Å². The number of carbonyl (C=O) groups is 1. The fraction of sp³-hybridized carbons (Fsp3) is 0.0370. The number of rotatable bonds is 6. The van der Waals surface area contributed by atoms with Gasteiger partial charge in [-0.2, -0.15) is 0 Å². The first-order valence-corrected chi connectivity index (χ1v) is 11.2. The summed E-state index contributed by atoms with van der Waals surface area (Å²) in [5.41, 5.74) is 3.43. The third-order valence-corrected chi connectivity index (χ3v) is 6.17. The number of nitrogens with one attached hydrogen (secondary N) is 1. The summed E-state index contributed by atoms with van der Waals surface area (Å²) in [5, 5.41) is 3.78. The molecule has 0 fully saturated rings. The van der Waals surface area contributed by atoms with E-state index in [0.29, 0.717) is 17.2 Å². The highest BCUT2D eigenvalue weighted by atomic mass is 32.1. The van der Waals surface area contributed by atoms with E-state index < -0.39 is 0 Å². The van der Waals surface area contributed by atoms with Crippen molar-refractivity contribution in [2.45, 2.75) is 0 Å². The minimum Gasteiger partial charge on any atom is -0.495 e. The van der Waals surface area contributed by atoms with Gasteiger partial charge in [-0.05, 0) is 48.5 Å². The van der Waals surface area contributed by atoms with Crippen molar-refractivity contribution in [2.24, 2.45) is 0 Å². The molecule has 162 valence electrons. The summed E-state index contributed by atoms with van der Waals surface area (Å²) in [6.07, 6.45) is 3.09. The molecule has 0 aliphatic heterocycles. The monoisotopic (exact) mass is 452 g/mol. The molecule has 0 atom stereocenters. The van der Waals surface area contributed by atoms with E-state index in [0.717, 1.165) is 32.1 Å². The summed E-state index contributed by atoms with van der Waals surface area (Å²) in [6, 6.07) is 27.2. The van der Waals surface area contributed by atoms with E-state index in [1.54, 1.807) is 24.5 Å². The molecule has 0 aliphatic rings. The zero-order valence-electron chi connectivity index (χ0n) is 17.8. The second-order valence-corrected chi connectivity index (χ2v) is 8.32. The van der Waals surface area contributed by atoms with E-state index in [4.69, 9.17) is 14.1 Å². The standard InChI is InChI=1S/C27H20N2O3S/c1-31-24-14-11-19(27-29-21-9-5-6-10-25(21)33-27)17-22(24)28-26(30)16-13-20-12-15-23(32-20)18-7-3-2-4-8-18/h2-17H,1H3,(H,28,30)/b16-13+. The second-order valence-electron chi connectivity index (χ2n) is 7.29. The van der Waals surface area contributed by atoms with Crippen LogP contribution in [0, 0.1) is 0 Å². The molecule has 1 amide bonds. The van der Waals surface area contributed by atoms with Crippen molar-refractivity contribution in [3.8, 4) is 27.6 Å². The molecule has 5 nitrogen and oxygen atoms in total. The van der Waals surface area contributed by atoms with E-state index in [-0.39, 0.29) is 5.91 Å². The van der Waals surface area contributed by atoms with Crippen molar-refractivity contribution in [1.82, 2.24) is 4.98 Å². The van der Waals surface area contributed by atoms with Crippen LogP contribution < -0.4 is 10.1 Å². The van der Waals surface area contributed by atoms with Gasteiger partial charge < -0.3 is 14.5 Å². The first-order valence-electron chi connectivity index (χ1n) is 10.4. The number of ether oxygens (including phenoxy) is 1. The third kappa shape index (κ3) is 4.56. The fourth-order valence-electron chi connectivity index (χ4n) is 3.47. The Morgan fingerprint density at radius 2 is 1.79 bits per heavy atom. The number of nitrogens with zero attached hydrogens (tertiary/aromatic N) is 1. The van der Waals surface area contributed by atoms with Crippen molar-refractivity contribution in [2.75, 3.05) is 12.4 Å². The predicted octanol–water partition coefficient (Wildman–Crippen LogP) is 6.88. The Labute approximate surface area is 195 Å². The molecule has 1 N–H and O–H groups in total. The predicted molar refractivity (Wildman–Crippen MR) is 133 cm³/mol. The van der Waals surface area contributed by atoms with Crippen LogP contribution in [0.3, 0.4) is 0 Å². The molecule has 0 unspecified atom stereocenters. The molecule has 6 heteroatoms. The zero-order chi connectivity index (χ0) is 22.6. The molecule has 2 heterocycles. The number of hydrogen-bond donors (Lipinski definition) is 1. The lowest BCUT2D eigenvalue weighted by molar-refractivity contribution is -0.111. The van der Waals surface area contributed by atoms with Gasteiger partial charge in [0.25, 0.3) is 0 Å². The van der Waals surface area contributed by atoms with Crippen molar-refractivity contribution in [3.63, 3.8) is 0 Å². The number of thiazole rings is 1. The normalized spacial score (nSPS) is 11.2. The summed E-state index contributed by atoms with van der Waals surface area (Å²) in [6.45, 7) is 0. The number of aromatic nitrogens is 1. The molecule has 0 aliphatic carbocycles. The molecule has 0 spiro atoms. The number of fused-ring (bicyclic) bond motifs is 1. The first-order chi connectivity index (χ1) is 16.2. The minimum atomic E-state index is -0.285. The summed E-state index contributed by atoms with van der Waals surface area (Å²) >= 11 is 1.61. The SMILES string of the molecule is COc1ccc(-c2nc3ccccc3s2)cc1NC(=O)/C=C/c1ccc(-c2ccccc2)o1. The van der Waals surface area contributed by atoms with E-state index in [1.807, 2.05) is 84.9 Å². The number of furan rings is 1. The highest BCUT2D eigenvalue weighted by Crippen LogP contribution is 2.35. The quantitative estimate of drug-likeness (QED) is 0.285. The maximum Gasteiger partial charge on any atom is 0.248 e. The molecule has 2 aromatic heterocycles. The Morgan fingerprint density at radius 1 is 0.970 bits per heavy atom. The van der Waals surface area contributed by atoms with Crippen LogP contribution in [-0.4, -0.2) is 18.0 Å². The number of carbonyl (C=O) groups excluding carboxylic acids is 1. The van der Waals surface area contributed by atoms with Crippen molar-refractivity contribution in [1.29, 1.82) is 0 Å². The van der Waals surface area contributed by atoms with Gasteiger partial charge in [-0.15, -0.1) is 11.3 Å². The van der Waals surface area contributed by atoms with Crippen LogP contribution >= 0.6 is 11.3 Å². The smallest absolute Gasteiger partial charge is 0.248 e. The Kier molecular flexibility index (Phi) is 5.74. The molecule has 33 heavy (non-hydrogen) atoms. The summed E-state index contributed by atoms with van der Waals surface area (Å²) < 4.78 is 12.4. The largest absolute Gasteiger partial charge is 0.495 e. The molecule has 5 rings (SSSR count). The lowest BCUT2D eigenvalue weighted by Gasteiger charge is -2.10.